The quantitative estimate of drug-likeness (QED) is 0.813. The molecular formula is C17H33N3O. The maximum atomic E-state index is 12.5. The number of amides is 1. The minimum atomic E-state index is 0.334. The van der Waals surface area contributed by atoms with Crippen molar-refractivity contribution in [2.24, 2.45) is 11.8 Å². The first-order valence-corrected chi connectivity index (χ1v) is 8.78. The van der Waals surface area contributed by atoms with Gasteiger partial charge >= 0.3 is 0 Å². The topological polar surface area (TPSA) is 35.6 Å². The average Bonchev–Trinajstić information content (AvgIpc) is 2.91. The summed E-state index contributed by atoms with van der Waals surface area (Å²) >= 11 is 0. The first-order chi connectivity index (χ1) is 10.0. The Kier molecular flexibility index (Phi) is 6.49. The summed E-state index contributed by atoms with van der Waals surface area (Å²) < 4.78 is 0. The Labute approximate surface area is 130 Å². The van der Waals surface area contributed by atoms with Crippen molar-refractivity contribution in [2.75, 3.05) is 39.3 Å². The predicted octanol–water partition coefficient (Wildman–Crippen LogP) is 1.95. The van der Waals surface area contributed by atoms with Crippen molar-refractivity contribution in [1.82, 2.24) is 15.1 Å². The first kappa shape index (κ1) is 16.8. The van der Waals surface area contributed by atoms with Crippen LogP contribution < -0.4 is 5.32 Å². The van der Waals surface area contributed by atoms with E-state index in [-0.39, 0.29) is 0 Å². The van der Waals surface area contributed by atoms with Gasteiger partial charge < -0.3 is 10.2 Å². The maximum absolute atomic E-state index is 12.5. The lowest BCUT2D eigenvalue weighted by molar-refractivity contribution is -0.133. The van der Waals surface area contributed by atoms with Gasteiger partial charge in [0.05, 0.1) is 6.54 Å². The largest absolute Gasteiger partial charge is 0.342 e. The molecule has 2 saturated heterocycles. The molecule has 4 heteroatoms. The van der Waals surface area contributed by atoms with Gasteiger partial charge in [0.25, 0.3) is 0 Å². The molecule has 0 aromatic heterocycles. The van der Waals surface area contributed by atoms with Crippen molar-refractivity contribution in [1.29, 1.82) is 0 Å². The highest BCUT2D eigenvalue weighted by Crippen LogP contribution is 2.16. The van der Waals surface area contributed by atoms with Gasteiger partial charge in [-0.25, -0.2) is 0 Å². The number of hydrogen-bond acceptors (Lipinski definition) is 3. The summed E-state index contributed by atoms with van der Waals surface area (Å²) in [5.41, 5.74) is 0. The Hall–Kier alpha value is -0.610. The molecule has 2 rings (SSSR count). The van der Waals surface area contributed by atoms with Crippen LogP contribution in [0.2, 0.25) is 0 Å². The molecule has 0 aromatic rings. The summed E-state index contributed by atoms with van der Waals surface area (Å²) in [5.74, 6) is 1.73. The molecule has 0 aromatic carbocycles. The van der Waals surface area contributed by atoms with Crippen LogP contribution in [0.5, 0.6) is 0 Å². The number of hydrogen-bond donors (Lipinski definition) is 1. The number of rotatable bonds is 6. The van der Waals surface area contributed by atoms with Gasteiger partial charge in [0, 0.05) is 32.2 Å². The molecule has 0 radical (unpaired) electrons. The number of nitrogens with zero attached hydrogens (tertiary/aromatic N) is 2. The van der Waals surface area contributed by atoms with Crippen LogP contribution in [-0.2, 0) is 4.79 Å². The Bertz CT molecular complexity index is 318. The fourth-order valence-corrected chi connectivity index (χ4v) is 3.49. The van der Waals surface area contributed by atoms with Gasteiger partial charge in [-0.3, -0.25) is 9.69 Å². The molecule has 2 heterocycles. The molecule has 4 nitrogen and oxygen atoms in total. The zero-order chi connectivity index (χ0) is 15.2. The molecule has 1 N–H and O–H groups in total. The molecule has 2 fully saturated rings. The van der Waals surface area contributed by atoms with Gasteiger partial charge in [0.15, 0.2) is 0 Å². The van der Waals surface area contributed by atoms with Gasteiger partial charge in [-0.1, -0.05) is 20.8 Å². The lowest BCUT2D eigenvalue weighted by atomic mass is 9.99. The second-order valence-electron chi connectivity index (χ2n) is 7.44. The van der Waals surface area contributed by atoms with E-state index in [2.05, 4.69) is 35.9 Å². The van der Waals surface area contributed by atoms with Crippen molar-refractivity contribution in [3.8, 4) is 0 Å². The minimum Gasteiger partial charge on any atom is -0.342 e. The van der Waals surface area contributed by atoms with E-state index in [4.69, 9.17) is 0 Å². The predicted molar refractivity (Wildman–Crippen MR) is 87.3 cm³/mol. The van der Waals surface area contributed by atoms with Crippen molar-refractivity contribution >= 4 is 5.91 Å². The van der Waals surface area contributed by atoms with Crippen LogP contribution in [0.25, 0.3) is 0 Å². The second-order valence-corrected chi connectivity index (χ2v) is 7.44. The van der Waals surface area contributed by atoms with Crippen LogP contribution in [0.1, 0.15) is 46.5 Å². The van der Waals surface area contributed by atoms with Crippen LogP contribution in [-0.4, -0.2) is 61.0 Å². The highest BCUT2D eigenvalue weighted by molar-refractivity contribution is 5.78. The molecule has 1 amide bonds. The van der Waals surface area contributed by atoms with Crippen molar-refractivity contribution in [3.05, 3.63) is 0 Å². The lowest BCUT2D eigenvalue weighted by Crippen LogP contribution is -2.47. The molecule has 21 heavy (non-hydrogen) atoms. The summed E-state index contributed by atoms with van der Waals surface area (Å²) in [4.78, 5) is 17.0. The third kappa shape index (κ3) is 5.59. The average molecular weight is 295 g/mol. The van der Waals surface area contributed by atoms with Crippen LogP contribution in [0.15, 0.2) is 0 Å². The van der Waals surface area contributed by atoms with Crippen molar-refractivity contribution in [3.63, 3.8) is 0 Å². The molecule has 1 unspecified atom stereocenters. The fraction of sp³-hybridized carbons (Fsp3) is 0.941. The Morgan fingerprint density at radius 2 is 2.00 bits per heavy atom. The Morgan fingerprint density at radius 3 is 2.57 bits per heavy atom. The molecule has 0 aliphatic carbocycles. The van der Waals surface area contributed by atoms with Gasteiger partial charge in [-0.2, -0.15) is 0 Å². The van der Waals surface area contributed by atoms with Gasteiger partial charge in [-0.05, 0) is 44.1 Å². The number of nitrogens with one attached hydrogen (secondary N) is 1. The van der Waals surface area contributed by atoms with Crippen LogP contribution >= 0.6 is 0 Å². The van der Waals surface area contributed by atoms with E-state index in [1.54, 1.807) is 0 Å². The summed E-state index contributed by atoms with van der Waals surface area (Å²) in [6.45, 7) is 12.5. The first-order valence-electron chi connectivity index (χ1n) is 8.78. The molecule has 2 aliphatic heterocycles. The van der Waals surface area contributed by atoms with Gasteiger partial charge in [0.2, 0.25) is 5.91 Å². The van der Waals surface area contributed by atoms with E-state index in [1.165, 1.54) is 25.7 Å². The zero-order valence-corrected chi connectivity index (χ0v) is 14.1. The smallest absolute Gasteiger partial charge is 0.236 e. The normalized spacial score (nSPS) is 24.2. The summed E-state index contributed by atoms with van der Waals surface area (Å²) in [5, 5.41) is 3.55. The van der Waals surface area contributed by atoms with E-state index < -0.39 is 0 Å². The number of carbonyl (C=O) groups excluding carboxylic acids is 1. The number of carbonyl (C=O) groups is 1. The Balaban J connectivity index is 1.82. The Morgan fingerprint density at radius 1 is 1.29 bits per heavy atom. The van der Waals surface area contributed by atoms with Gasteiger partial charge in [0.1, 0.15) is 0 Å². The second kappa shape index (κ2) is 8.14. The lowest BCUT2D eigenvalue weighted by Gasteiger charge is -2.33. The third-order valence-corrected chi connectivity index (χ3v) is 4.76. The number of likely N-dealkylation sites (tertiary alicyclic amines) is 1. The summed E-state index contributed by atoms with van der Waals surface area (Å²) in [6.07, 6.45) is 4.86. The zero-order valence-electron chi connectivity index (χ0n) is 14.1. The molecular weight excluding hydrogens is 262 g/mol. The van der Waals surface area contributed by atoms with E-state index >= 15 is 0 Å². The monoisotopic (exact) mass is 295 g/mol. The molecule has 2 aliphatic rings. The van der Waals surface area contributed by atoms with Crippen molar-refractivity contribution in [2.45, 2.75) is 52.5 Å². The molecule has 0 saturated carbocycles. The van der Waals surface area contributed by atoms with Crippen molar-refractivity contribution < 1.29 is 4.79 Å². The van der Waals surface area contributed by atoms with E-state index in [0.29, 0.717) is 24.4 Å². The van der Waals surface area contributed by atoms with E-state index in [0.717, 1.165) is 38.6 Å². The maximum Gasteiger partial charge on any atom is 0.236 e. The summed E-state index contributed by atoms with van der Waals surface area (Å²) in [7, 11) is 0. The van der Waals surface area contributed by atoms with E-state index in [1.807, 2.05) is 0 Å². The SMILES string of the molecule is CC(C)CN(CC(=O)N1CCC(C)CC1)CC1CCCN1. The van der Waals surface area contributed by atoms with Crippen LogP contribution in [0, 0.1) is 11.8 Å². The highest BCUT2D eigenvalue weighted by Gasteiger charge is 2.24. The third-order valence-electron chi connectivity index (χ3n) is 4.76. The highest BCUT2D eigenvalue weighted by atomic mass is 16.2. The molecule has 0 bridgehead atoms. The standard InChI is InChI=1S/C17H33N3O/c1-14(2)11-19(12-16-5-4-8-18-16)13-17(21)20-9-6-15(3)7-10-20/h14-16,18H,4-13H2,1-3H3. The molecule has 0 spiro atoms. The summed E-state index contributed by atoms with van der Waals surface area (Å²) in [6, 6.07) is 0.581. The minimum absolute atomic E-state index is 0.334. The fourth-order valence-electron chi connectivity index (χ4n) is 3.49. The van der Waals surface area contributed by atoms with E-state index in [9.17, 15) is 4.79 Å². The molecule has 1 atom stereocenters. The molecule has 122 valence electrons. The number of piperidine rings is 1. The van der Waals surface area contributed by atoms with Crippen LogP contribution in [0.3, 0.4) is 0 Å². The van der Waals surface area contributed by atoms with Gasteiger partial charge in [-0.15, -0.1) is 0 Å². The van der Waals surface area contributed by atoms with Crippen LogP contribution in [0.4, 0.5) is 0 Å².